The molecule has 0 aliphatic carbocycles. The van der Waals surface area contributed by atoms with Crippen LogP contribution < -0.4 is 5.32 Å². The molecule has 1 atom stereocenters. The molecule has 1 fully saturated rings. The number of benzene rings is 1. The molecule has 1 aromatic carbocycles. The number of nitrogens with zero attached hydrogens (tertiary/aromatic N) is 1. The Kier molecular flexibility index (Phi) is 4.18. The fraction of sp³-hybridized carbons (Fsp3) is 0.333. The van der Waals surface area contributed by atoms with E-state index in [0.717, 1.165) is 31.2 Å². The van der Waals surface area contributed by atoms with Crippen molar-refractivity contribution in [2.45, 2.75) is 12.6 Å². The maximum absolute atomic E-state index is 6.35. The van der Waals surface area contributed by atoms with Crippen LogP contribution in [-0.4, -0.2) is 24.5 Å². The van der Waals surface area contributed by atoms with Crippen LogP contribution in [-0.2, 0) is 6.54 Å². The third-order valence-corrected chi connectivity index (χ3v) is 4.66. The summed E-state index contributed by atoms with van der Waals surface area (Å²) in [4.78, 5) is 2.51. The summed E-state index contributed by atoms with van der Waals surface area (Å²) in [5, 5.41) is 8.71. The molecule has 4 heteroatoms. The van der Waals surface area contributed by atoms with E-state index in [1.165, 1.54) is 11.1 Å². The van der Waals surface area contributed by atoms with Crippen LogP contribution in [0.3, 0.4) is 0 Å². The highest BCUT2D eigenvalue weighted by molar-refractivity contribution is 7.07. The van der Waals surface area contributed by atoms with Gasteiger partial charge in [0, 0.05) is 37.2 Å². The summed E-state index contributed by atoms with van der Waals surface area (Å²) in [7, 11) is 0. The van der Waals surface area contributed by atoms with E-state index in [4.69, 9.17) is 11.6 Å². The molecule has 2 nitrogen and oxygen atoms in total. The van der Waals surface area contributed by atoms with E-state index in [2.05, 4.69) is 39.2 Å². The lowest BCUT2D eigenvalue weighted by atomic mass is 10.0. The highest BCUT2D eigenvalue weighted by Gasteiger charge is 2.25. The van der Waals surface area contributed by atoms with E-state index < -0.39 is 0 Å². The van der Waals surface area contributed by atoms with Crippen molar-refractivity contribution in [3.8, 4) is 0 Å². The van der Waals surface area contributed by atoms with Gasteiger partial charge in [-0.15, -0.1) is 0 Å². The molecule has 0 saturated carbocycles. The Bertz CT molecular complexity index is 527. The lowest BCUT2D eigenvalue weighted by molar-refractivity contribution is 0.154. The van der Waals surface area contributed by atoms with Gasteiger partial charge in [-0.2, -0.15) is 11.3 Å². The van der Waals surface area contributed by atoms with Crippen LogP contribution in [0.15, 0.2) is 41.1 Å². The second-order valence-electron chi connectivity index (χ2n) is 4.84. The minimum Gasteiger partial charge on any atom is -0.314 e. The Morgan fingerprint density at radius 1 is 1.32 bits per heavy atom. The van der Waals surface area contributed by atoms with Gasteiger partial charge in [-0.05, 0) is 34.0 Å². The average molecular weight is 293 g/mol. The summed E-state index contributed by atoms with van der Waals surface area (Å²) in [5.74, 6) is 0. The van der Waals surface area contributed by atoms with Crippen molar-refractivity contribution in [2.24, 2.45) is 0 Å². The van der Waals surface area contributed by atoms with Crippen molar-refractivity contribution in [3.63, 3.8) is 0 Å². The van der Waals surface area contributed by atoms with Crippen molar-refractivity contribution >= 4 is 22.9 Å². The van der Waals surface area contributed by atoms with Crippen LogP contribution in [0.2, 0.25) is 5.02 Å². The Labute approximate surface area is 123 Å². The smallest absolute Gasteiger partial charge is 0.0491 e. The molecule has 0 radical (unpaired) electrons. The van der Waals surface area contributed by atoms with Crippen LogP contribution in [0.4, 0.5) is 0 Å². The molecule has 2 heterocycles. The van der Waals surface area contributed by atoms with E-state index in [-0.39, 0.29) is 0 Å². The number of hydrogen-bond donors (Lipinski definition) is 1. The first-order chi connectivity index (χ1) is 9.34. The first-order valence-electron chi connectivity index (χ1n) is 6.55. The zero-order valence-electron chi connectivity index (χ0n) is 10.7. The lowest BCUT2D eigenvalue weighted by Crippen LogP contribution is -2.45. The number of rotatable bonds is 3. The lowest BCUT2D eigenvalue weighted by Gasteiger charge is -2.36. The van der Waals surface area contributed by atoms with Gasteiger partial charge in [-0.3, -0.25) is 4.90 Å². The van der Waals surface area contributed by atoms with Gasteiger partial charge < -0.3 is 5.32 Å². The van der Waals surface area contributed by atoms with Gasteiger partial charge in [0.15, 0.2) is 0 Å². The van der Waals surface area contributed by atoms with Crippen LogP contribution in [0.1, 0.15) is 17.2 Å². The third kappa shape index (κ3) is 3.00. The maximum Gasteiger partial charge on any atom is 0.0491 e. The fourth-order valence-corrected chi connectivity index (χ4v) is 3.53. The zero-order valence-corrected chi connectivity index (χ0v) is 12.3. The fourth-order valence-electron chi connectivity index (χ4n) is 2.60. The Hall–Kier alpha value is -0.870. The van der Waals surface area contributed by atoms with Gasteiger partial charge >= 0.3 is 0 Å². The number of hydrogen-bond acceptors (Lipinski definition) is 3. The first kappa shape index (κ1) is 13.1. The standard InChI is InChI=1S/C15H17ClN2S/c16-14-4-2-1-3-13(14)15-9-17-6-7-18(15)10-12-5-8-19-11-12/h1-5,8,11,15,17H,6-7,9-10H2. The summed E-state index contributed by atoms with van der Waals surface area (Å²) in [6.45, 7) is 4.08. The Morgan fingerprint density at radius 2 is 2.21 bits per heavy atom. The van der Waals surface area contributed by atoms with Crippen molar-refractivity contribution in [3.05, 3.63) is 57.2 Å². The van der Waals surface area contributed by atoms with Gasteiger partial charge in [-0.25, -0.2) is 0 Å². The summed E-state index contributed by atoms with van der Waals surface area (Å²) < 4.78 is 0. The van der Waals surface area contributed by atoms with E-state index in [0.29, 0.717) is 6.04 Å². The second kappa shape index (κ2) is 6.06. The highest BCUT2D eigenvalue weighted by atomic mass is 35.5. The Morgan fingerprint density at radius 3 is 3.00 bits per heavy atom. The molecule has 0 bridgehead atoms. The van der Waals surface area contributed by atoms with E-state index in [9.17, 15) is 0 Å². The van der Waals surface area contributed by atoms with Crippen LogP contribution in [0, 0.1) is 0 Å². The molecule has 0 amide bonds. The molecule has 1 N–H and O–H groups in total. The third-order valence-electron chi connectivity index (χ3n) is 3.58. The summed E-state index contributed by atoms with van der Waals surface area (Å²) in [6.07, 6.45) is 0. The quantitative estimate of drug-likeness (QED) is 0.931. The molecular formula is C15H17ClN2S. The molecule has 100 valence electrons. The van der Waals surface area contributed by atoms with E-state index in [1.54, 1.807) is 11.3 Å². The van der Waals surface area contributed by atoms with Gasteiger partial charge in [-0.1, -0.05) is 29.8 Å². The molecule has 19 heavy (non-hydrogen) atoms. The van der Waals surface area contributed by atoms with Crippen LogP contribution >= 0.6 is 22.9 Å². The molecule has 3 rings (SSSR count). The molecule has 2 aromatic rings. The van der Waals surface area contributed by atoms with Crippen molar-refractivity contribution in [1.82, 2.24) is 10.2 Å². The monoisotopic (exact) mass is 292 g/mol. The summed E-state index contributed by atoms with van der Waals surface area (Å²) in [5.41, 5.74) is 2.62. The van der Waals surface area contributed by atoms with E-state index in [1.807, 2.05) is 12.1 Å². The topological polar surface area (TPSA) is 15.3 Å². The maximum atomic E-state index is 6.35. The second-order valence-corrected chi connectivity index (χ2v) is 6.03. The SMILES string of the molecule is Clc1ccccc1C1CNCCN1Cc1ccsc1. The number of nitrogens with one attached hydrogen (secondary N) is 1. The molecule has 0 spiro atoms. The van der Waals surface area contributed by atoms with Crippen molar-refractivity contribution in [1.29, 1.82) is 0 Å². The molecule has 1 aromatic heterocycles. The van der Waals surface area contributed by atoms with Gasteiger partial charge in [0.25, 0.3) is 0 Å². The predicted octanol–water partition coefficient (Wildman–Crippen LogP) is 3.55. The molecule has 1 aliphatic rings. The molecule has 1 saturated heterocycles. The summed E-state index contributed by atoms with van der Waals surface area (Å²) in [6, 6.07) is 10.7. The van der Waals surface area contributed by atoms with Gasteiger partial charge in [0.1, 0.15) is 0 Å². The molecule has 1 aliphatic heterocycles. The van der Waals surface area contributed by atoms with Gasteiger partial charge in [0.05, 0.1) is 0 Å². The number of halogens is 1. The van der Waals surface area contributed by atoms with E-state index >= 15 is 0 Å². The average Bonchev–Trinajstić information content (AvgIpc) is 2.93. The van der Waals surface area contributed by atoms with Crippen LogP contribution in [0.5, 0.6) is 0 Å². The zero-order chi connectivity index (χ0) is 13.1. The van der Waals surface area contributed by atoms with Crippen LogP contribution in [0.25, 0.3) is 0 Å². The number of thiophene rings is 1. The van der Waals surface area contributed by atoms with Crippen molar-refractivity contribution in [2.75, 3.05) is 19.6 Å². The predicted molar refractivity (Wildman–Crippen MR) is 81.8 cm³/mol. The minimum absolute atomic E-state index is 0.363. The summed E-state index contributed by atoms with van der Waals surface area (Å²) >= 11 is 8.11. The van der Waals surface area contributed by atoms with Crippen molar-refractivity contribution < 1.29 is 0 Å². The minimum atomic E-state index is 0.363. The number of piperazine rings is 1. The largest absolute Gasteiger partial charge is 0.314 e. The normalized spacial score (nSPS) is 20.6. The van der Waals surface area contributed by atoms with Gasteiger partial charge in [0.2, 0.25) is 0 Å². The molecular weight excluding hydrogens is 276 g/mol. The highest BCUT2D eigenvalue weighted by Crippen LogP contribution is 2.29. The first-order valence-corrected chi connectivity index (χ1v) is 7.87. The molecule has 1 unspecified atom stereocenters. The Balaban J connectivity index is 1.83.